The lowest BCUT2D eigenvalue weighted by atomic mass is 10.2. The number of hydrogen-bond donors (Lipinski definition) is 3. The third-order valence-electron chi connectivity index (χ3n) is 1.50. The molecule has 0 rings (SSSR count). The highest BCUT2D eigenvalue weighted by molar-refractivity contribution is 5.63. The van der Waals surface area contributed by atoms with Gasteiger partial charge in [0.2, 0.25) is 0 Å². The lowest BCUT2D eigenvalue weighted by Crippen LogP contribution is -2.29. The van der Waals surface area contributed by atoms with E-state index in [1.54, 1.807) is 0 Å². The van der Waals surface area contributed by atoms with Gasteiger partial charge in [-0.2, -0.15) is 5.06 Å². The Bertz CT molecular complexity index is 150. The quantitative estimate of drug-likeness (QED) is 0.332. The molecule has 0 radical (unpaired) electrons. The predicted octanol–water partition coefficient (Wildman–Crippen LogP) is 0.991. The Morgan fingerprint density at radius 1 is 1.54 bits per heavy atom. The second kappa shape index (κ2) is 6.68. The van der Waals surface area contributed by atoms with Gasteiger partial charge in [-0.15, -0.1) is 0 Å². The molecule has 0 aliphatic rings. The molecule has 0 saturated heterocycles. The molecule has 3 N–H and O–H groups in total. The maximum atomic E-state index is 10.1. The summed E-state index contributed by atoms with van der Waals surface area (Å²) >= 11 is 0. The third-order valence-corrected chi connectivity index (χ3v) is 1.50. The van der Waals surface area contributed by atoms with Gasteiger partial charge in [0.15, 0.2) is 0 Å². The van der Waals surface area contributed by atoms with Gasteiger partial charge in [0.1, 0.15) is 0 Å². The molecule has 0 aromatic heterocycles. The summed E-state index contributed by atoms with van der Waals surface area (Å²) in [6.07, 6.45) is -0.681. The fourth-order valence-electron chi connectivity index (χ4n) is 0.840. The van der Waals surface area contributed by atoms with Crippen LogP contribution in [0.15, 0.2) is 0 Å². The van der Waals surface area contributed by atoms with Crippen LogP contribution in [0.3, 0.4) is 0 Å². The minimum atomic E-state index is -1.30. The zero-order valence-electron chi connectivity index (χ0n) is 8.16. The summed E-state index contributed by atoms with van der Waals surface area (Å²) in [6.45, 7) is 5.99. The van der Waals surface area contributed by atoms with E-state index in [0.717, 1.165) is 13.1 Å². The zero-order valence-corrected chi connectivity index (χ0v) is 8.16. The number of amides is 1. The summed E-state index contributed by atoms with van der Waals surface area (Å²) in [4.78, 5) is 10.1. The molecule has 0 aromatic carbocycles. The van der Waals surface area contributed by atoms with Crippen LogP contribution in [-0.4, -0.2) is 41.1 Å². The van der Waals surface area contributed by atoms with Crippen molar-refractivity contribution in [1.29, 1.82) is 0 Å². The number of nitrogens with zero attached hydrogens (tertiary/aromatic N) is 1. The van der Waals surface area contributed by atoms with Crippen molar-refractivity contribution in [3.8, 4) is 0 Å². The Labute approximate surface area is 78.3 Å². The number of rotatable bonds is 6. The van der Waals surface area contributed by atoms with Crippen LogP contribution < -0.4 is 5.32 Å². The van der Waals surface area contributed by atoms with Gasteiger partial charge in [0.25, 0.3) is 0 Å². The first-order chi connectivity index (χ1) is 6.04. The minimum absolute atomic E-state index is 0.153. The van der Waals surface area contributed by atoms with Crippen LogP contribution in [0.25, 0.3) is 0 Å². The molecule has 1 amide bonds. The molecule has 0 atom stereocenters. The summed E-state index contributed by atoms with van der Waals surface area (Å²) < 4.78 is 0. The van der Waals surface area contributed by atoms with E-state index in [0.29, 0.717) is 17.4 Å². The molecule has 13 heavy (non-hydrogen) atoms. The van der Waals surface area contributed by atoms with Crippen molar-refractivity contribution in [3.05, 3.63) is 0 Å². The molecule has 0 bridgehead atoms. The normalized spacial score (nSPS) is 10.5. The predicted molar refractivity (Wildman–Crippen MR) is 48.8 cm³/mol. The van der Waals surface area contributed by atoms with Crippen LogP contribution in [0.5, 0.6) is 0 Å². The van der Waals surface area contributed by atoms with Gasteiger partial charge in [-0.25, -0.2) is 4.79 Å². The van der Waals surface area contributed by atoms with Gasteiger partial charge in [-0.05, 0) is 25.4 Å². The third kappa shape index (κ3) is 7.55. The minimum Gasteiger partial charge on any atom is -0.463 e. The number of hydroxylamine groups is 2. The maximum absolute atomic E-state index is 10.1. The number of carboxylic acid groups (broad SMARTS) is 1. The molecule has 0 fully saturated rings. The summed E-state index contributed by atoms with van der Waals surface area (Å²) in [5.41, 5.74) is 0. The Kier molecular flexibility index (Phi) is 6.26. The van der Waals surface area contributed by atoms with E-state index in [-0.39, 0.29) is 6.54 Å². The maximum Gasteiger partial charge on any atom is 0.431 e. The summed E-state index contributed by atoms with van der Waals surface area (Å²) in [6, 6.07) is 0. The van der Waals surface area contributed by atoms with Gasteiger partial charge >= 0.3 is 6.09 Å². The molecular weight excluding hydrogens is 172 g/mol. The van der Waals surface area contributed by atoms with E-state index in [1.807, 2.05) is 0 Å². The fourth-order valence-corrected chi connectivity index (χ4v) is 0.840. The second-order valence-corrected chi connectivity index (χ2v) is 3.36. The molecule has 0 aromatic rings. The zero-order chi connectivity index (χ0) is 10.3. The largest absolute Gasteiger partial charge is 0.463 e. The average molecular weight is 190 g/mol. The summed E-state index contributed by atoms with van der Waals surface area (Å²) in [7, 11) is 0. The van der Waals surface area contributed by atoms with Crippen molar-refractivity contribution in [3.63, 3.8) is 0 Å². The van der Waals surface area contributed by atoms with Gasteiger partial charge < -0.3 is 10.4 Å². The standard InChI is InChI=1S/C8H18N2O3/c1-7(2)6-9-4-3-5-10(13)8(11)12/h7,9,13H,3-6H2,1-2H3,(H,11,12). The fraction of sp³-hybridized carbons (Fsp3) is 0.875. The SMILES string of the molecule is CC(C)CNCCCN(O)C(=O)O. The summed E-state index contributed by atoms with van der Waals surface area (Å²) in [5, 5.41) is 20.5. The van der Waals surface area contributed by atoms with Crippen molar-refractivity contribution in [2.75, 3.05) is 19.6 Å². The van der Waals surface area contributed by atoms with Crippen LogP contribution in [0, 0.1) is 5.92 Å². The molecule has 78 valence electrons. The van der Waals surface area contributed by atoms with E-state index in [4.69, 9.17) is 10.3 Å². The Hall–Kier alpha value is -0.810. The monoisotopic (exact) mass is 190 g/mol. The molecule has 5 heteroatoms. The first-order valence-corrected chi connectivity index (χ1v) is 4.44. The molecule has 0 spiro atoms. The van der Waals surface area contributed by atoms with Crippen LogP contribution in [-0.2, 0) is 0 Å². The molecule has 0 saturated carbocycles. The lowest BCUT2D eigenvalue weighted by molar-refractivity contribution is -0.0640. The first-order valence-electron chi connectivity index (χ1n) is 4.44. The van der Waals surface area contributed by atoms with Gasteiger partial charge in [0, 0.05) is 0 Å². The van der Waals surface area contributed by atoms with Crippen LogP contribution >= 0.6 is 0 Å². The van der Waals surface area contributed by atoms with Crippen molar-refractivity contribution < 1.29 is 15.1 Å². The van der Waals surface area contributed by atoms with Gasteiger partial charge in [-0.1, -0.05) is 13.8 Å². The van der Waals surface area contributed by atoms with Crippen molar-refractivity contribution in [1.82, 2.24) is 10.4 Å². The molecule has 0 unspecified atom stereocenters. The van der Waals surface area contributed by atoms with Crippen LogP contribution in [0.4, 0.5) is 4.79 Å². The van der Waals surface area contributed by atoms with Crippen molar-refractivity contribution >= 4 is 6.09 Å². The van der Waals surface area contributed by atoms with Gasteiger partial charge in [-0.3, -0.25) is 5.21 Å². The average Bonchev–Trinajstić information content (AvgIpc) is 2.02. The summed E-state index contributed by atoms with van der Waals surface area (Å²) in [5.74, 6) is 0.588. The molecule has 0 aliphatic carbocycles. The Morgan fingerprint density at radius 2 is 2.15 bits per heavy atom. The van der Waals surface area contributed by atoms with E-state index in [1.165, 1.54) is 0 Å². The van der Waals surface area contributed by atoms with E-state index >= 15 is 0 Å². The number of hydrogen-bond acceptors (Lipinski definition) is 3. The van der Waals surface area contributed by atoms with Crippen LogP contribution in [0.2, 0.25) is 0 Å². The highest BCUT2D eigenvalue weighted by Gasteiger charge is 2.05. The van der Waals surface area contributed by atoms with E-state index in [9.17, 15) is 4.79 Å². The molecule has 5 nitrogen and oxygen atoms in total. The van der Waals surface area contributed by atoms with Gasteiger partial charge in [0.05, 0.1) is 6.54 Å². The van der Waals surface area contributed by atoms with Crippen LogP contribution in [0.1, 0.15) is 20.3 Å². The smallest absolute Gasteiger partial charge is 0.431 e. The number of nitrogens with one attached hydrogen (secondary N) is 1. The van der Waals surface area contributed by atoms with Crippen molar-refractivity contribution in [2.45, 2.75) is 20.3 Å². The number of carbonyl (C=O) groups is 1. The Morgan fingerprint density at radius 3 is 2.62 bits per heavy atom. The molecule has 0 aliphatic heterocycles. The Balaban J connectivity index is 3.21. The highest BCUT2D eigenvalue weighted by atomic mass is 16.6. The van der Waals surface area contributed by atoms with E-state index < -0.39 is 6.09 Å². The topological polar surface area (TPSA) is 72.8 Å². The molecule has 0 heterocycles. The molecular formula is C8H18N2O3. The van der Waals surface area contributed by atoms with E-state index in [2.05, 4.69) is 19.2 Å². The van der Waals surface area contributed by atoms with Crippen molar-refractivity contribution in [2.24, 2.45) is 5.92 Å². The highest BCUT2D eigenvalue weighted by Crippen LogP contribution is 1.89. The second-order valence-electron chi connectivity index (χ2n) is 3.36. The first kappa shape index (κ1) is 12.2. The lowest BCUT2D eigenvalue weighted by Gasteiger charge is -2.11.